The molecule has 0 aliphatic rings. The van der Waals surface area contributed by atoms with E-state index in [-0.39, 0.29) is 5.56 Å². The summed E-state index contributed by atoms with van der Waals surface area (Å²) in [5.41, 5.74) is -0.991. The summed E-state index contributed by atoms with van der Waals surface area (Å²) in [4.78, 5) is 32.4. The van der Waals surface area contributed by atoms with Crippen molar-refractivity contribution >= 4 is 17.3 Å². The molecule has 0 aliphatic heterocycles. The van der Waals surface area contributed by atoms with E-state index < -0.39 is 27.1 Å². The first-order valence-electron chi connectivity index (χ1n) is 10.7. The summed E-state index contributed by atoms with van der Waals surface area (Å²) in [7, 11) is 0. The molecule has 0 aliphatic carbocycles. The summed E-state index contributed by atoms with van der Waals surface area (Å²) in [6.45, 7) is 2.68. The zero-order valence-corrected chi connectivity index (χ0v) is 17.4. The lowest BCUT2D eigenvalue weighted by molar-refractivity contribution is -0.394. The smallest absolute Gasteiger partial charge is 0.277 e. The summed E-state index contributed by atoms with van der Waals surface area (Å²) < 4.78 is 0. The van der Waals surface area contributed by atoms with Crippen LogP contribution < -0.4 is 5.32 Å². The normalized spacial score (nSPS) is 10.7. The fourth-order valence-corrected chi connectivity index (χ4v) is 3.21. The van der Waals surface area contributed by atoms with Gasteiger partial charge in [-0.2, -0.15) is 0 Å². The van der Waals surface area contributed by atoms with Crippen molar-refractivity contribution in [2.24, 2.45) is 0 Å². The Morgan fingerprint density at radius 2 is 1.17 bits per heavy atom. The quantitative estimate of drug-likeness (QED) is 0.207. The van der Waals surface area contributed by atoms with Crippen LogP contribution in [0.1, 0.15) is 94.3 Å². The topological polar surface area (TPSA) is 115 Å². The monoisotopic (exact) mass is 407 g/mol. The van der Waals surface area contributed by atoms with Crippen LogP contribution in [0.2, 0.25) is 0 Å². The third-order valence-electron chi connectivity index (χ3n) is 4.90. The van der Waals surface area contributed by atoms with Gasteiger partial charge in [-0.25, -0.2) is 0 Å². The molecule has 1 aromatic carbocycles. The highest BCUT2D eigenvalue weighted by molar-refractivity contribution is 5.95. The number of unbranched alkanes of at least 4 members (excludes halogenated alkanes) is 11. The SMILES string of the molecule is CCCCCCCCCCCCCCNC(=O)c1cc([N+](=O)[O-])cc([N+](=O)[O-])c1. The minimum atomic E-state index is -0.741. The Morgan fingerprint density at radius 1 is 0.759 bits per heavy atom. The molecule has 0 unspecified atom stereocenters. The standard InChI is InChI=1S/C21H33N3O5/c1-2-3-4-5-6-7-8-9-10-11-12-13-14-22-21(25)18-15-19(23(26)27)17-20(16-18)24(28)29/h15-17H,2-14H2,1H3,(H,22,25). The van der Waals surface area contributed by atoms with Crippen LogP contribution in [0.3, 0.4) is 0 Å². The molecule has 29 heavy (non-hydrogen) atoms. The van der Waals surface area contributed by atoms with Gasteiger partial charge in [0.15, 0.2) is 0 Å². The van der Waals surface area contributed by atoms with Gasteiger partial charge in [-0.05, 0) is 6.42 Å². The molecule has 162 valence electrons. The van der Waals surface area contributed by atoms with E-state index in [1.54, 1.807) is 0 Å². The maximum atomic E-state index is 12.1. The van der Waals surface area contributed by atoms with Gasteiger partial charge in [0, 0.05) is 18.7 Å². The van der Waals surface area contributed by atoms with E-state index in [9.17, 15) is 25.0 Å². The van der Waals surface area contributed by atoms with E-state index in [0.717, 1.165) is 37.5 Å². The molecule has 1 rings (SSSR count). The third kappa shape index (κ3) is 10.6. The Balaban J connectivity index is 2.18. The highest BCUT2D eigenvalue weighted by atomic mass is 16.6. The van der Waals surface area contributed by atoms with Crippen LogP contribution in [-0.4, -0.2) is 22.3 Å². The van der Waals surface area contributed by atoms with Crippen molar-refractivity contribution in [1.82, 2.24) is 5.32 Å². The van der Waals surface area contributed by atoms with Crippen LogP contribution in [0.4, 0.5) is 11.4 Å². The summed E-state index contributed by atoms with van der Waals surface area (Å²) in [5, 5.41) is 24.5. The summed E-state index contributed by atoms with van der Waals surface area (Å²) in [6.07, 6.45) is 14.6. The second kappa shape index (κ2) is 14.5. The van der Waals surface area contributed by atoms with Gasteiger partial charge in [0.1, 0.15) is 0 Å². The maximum absolute atomic E-state index is 12.1. The van der Waals surface area contributed by atoms with Crippen molar-refractivity contribution in [3.05, 3.63) is 44.0 Å². The second-order valence-electron chi connectivity index (χ2n) is 7.40. The van der Waals surface area contributed by atoms with E-state index in [4.69, 9.17) is 0 Å². The van der Waals surface area contributed by atoms with Gasteiger partial charge in [0.05, 0.1) is 21.5 Å². The minimum absolute atomic E-state index is 0.0650. The van der Waals surface area contributed by atoms with Crippen molar-refractivity contribution < 1.29 is 14.6 Å². The molecule has 0 aromatic heterocycles. The summed E-state index contributed by atoms with van der Waals surface area (Å²) >= 11 is 0. The minimum Gasteiger partial charge on any atom is -0.352 e. The molecule has 0 spiro atoms. The zero-order chi connectivity index (χ0) is 21.5. The highest BCUT2D eigenvalue weighted by Gasteiger charge is 2.19. The fraction of sp³-hybridized carbons (Fsp3) is 0.667. The van der Waals surface area contributed by atoms with Crippen molar-refractivity contribution in [2.45, 2.75) is 84.0 Å². The van der Waals surface area contributed by atoms with Gasteiger partial charge in [0.25, 0.3) is 17.3 Å². The fourth-order valence-electron chi connectivity index (χ4n) is 3.21. The predicted octanol–water partition coefficient (Wildman–Crippen LogP) is 5.93. The Morgan fingerprint density at radius 3 is 1.59 bits per heavy atom. The Labute approximate surface area is 172 Å². The number of rotatable bonds is 16. The number of non-ortho nitro benzene ring substituents is 2. The molecule has 8 nitrogen and oxygen atoms in total. The van der Waals surface area contributed by atoms with E-state index >= 15 is 0 Å². The molecule has 0 atom stereocenters. The predicted molar refractivity (Wildman–Crippen MR) is 113 cm³/mol. The van der Waals surface area contributed by atoms with E-state index in [2.05, 4.69) is 12.2 Å². The average molecular weight is 408 g/mol. The molecule has 0 saturated carbocycles. The lowest BCUT2D eigenvalue weighted by Gasteiger charge is -2.06. The van der Waals surface area contributed by atoms with Crippen molar-refractivity contribution in [2.75, 3.05) is 6.54 Å². The van der Waals surface area contributed by atoms with Crippen LogP contribution in [-0.2, 0) is 0 Å². The molecule has 0 heterocycles. The zero-order valence-electron chi connectivity index (χ0n) is 17.4. The number of hydrogen-bond acceptors (Lipinski definition) is 5. The second-order valence-corrected chi connectivity index (χ2v) is 7.40. The average Bonchev–Trinajstić information content (AvgIpc) is 2.70. The van der Waals surface area contributed by atoms with Crippen LogP contribution in [0.5, 0.6) is 0 Å². The van der Waals surface area contributed by atoms with Gasteiger partial charge in [-0.15, -0.1) is 0 Å². The molecule has 1 aromatic rings. The van der Waals surface area contributed by atoms with Crippen LogP contribution in [0.15, 0.2) is 18.2 Å². The highest BCUT2D eigenvalue weighted by Crippen LogP contribution is 2.22. The first-order chi connectivity index (χ1) is 14.0. The van der Waals surface area contributed by atoms with Crippen molar-refractivity contribution in [1.29, 1.82) is 0 Å². The molecular weight excluding hydrogens is 374 g/mol. The Kier molecular flexibility index (Phi) is 12.2. The third-order valence-corrected chi connectivity index (χ3v) is 4.90. The first kappa shape index (κ1) is 24.5. The number of carbonyl (C=O) groups is 1. The largest absolute Gasteiger partial charge is 0.352 e. The van der Waals surface area contributed by atoms with Crippen molar-refractivity contribution in [3.63, 3.8) is 0 Å². The number of nitrogens with zero attached hydrogens (tertiary/aromatic N) is 2. The Hall–Kier alpha value is -2.51. The van der Waals surface area contributed by atoms with Crippen molar-refractivity contribution in [3.8, 4) is 0 Å². The number of carbonyl (C=O) groups excluding carboxylic acids is 1. The number of nitro groups is 2. The molecular formula is C21H33N3O5. The van der Waals surface area contributed by atoms with Gasteiger partial charge in [-0.3, -0.25) is 25.0 Å². The van der Waals surface area contributed by atoms with E-state index in [1.807, 2.05) is 0 Å². The molecule has 0 saturated heterocycles. The lowest BCUT2D eigenvalue weighted by Crippen LogP contribution is -2.24. The molecule has 8 heteroatoms. The number of hydrogen-bond donors (Lipinski definition) is 1. The molecule has 0 fully saturated rings. The van der Waals surface area contributed by atoms with Crippen LogP contribution in [0.25, 0.3) is 0 Å². The van der Waals surface area contributed by atoms with Crippen LogP contribution in [0, 0.1) is 20.2 Å². The molecule has 0 radical (unpaired) electrons. The van der Waals surface area contributed by atoms with Gasteiger partial charge in [0.2, 0.25) is 0 Å². The summed E-state index contributed by atoms with van der Waals surface area (Å²) in [6, 6.07) is 2.97. The summed E-state index contributed by atoms with van der Waals surface area (Å²) in [5.74, 6) is -0.528. The number of benzene rings is 1. The van der Waals surface area contributed by atoms with Crippen LogP contribution >= 0.6 is 0 Å². The molecule has 1 amide bonds. The maximum Gasteiger partial charge on any atom is 0.277 e. The van der Waals surface area contributed by atoms with E-state index in [1.165, 1.54) is 57.8 Å². The first-order valence-corrected chi connectivity index (χ1v) is 10.7. The molecule has 0 bridgehead atoms. The van der Waals surface area contributed by atoms with Gasteiger partial charge in [-0.1, -0.05) is 77.6 Å². The van der Waals surface area contributed by atoms with Gasteiger partial charge < -0.3 is 5.32 Å². The number of nitrogens with one attached hydrogen (secondary N) is 1. The van der Waals surface area contributed by atoms with E-state index in [0.29, 0.717) is 6.54 Å². The number of amides is 1. The Bertz CT molecular complexity index is 631. The van der Waals surface area contributed by atoms with Gasteiger partial charge >= 0.3 is 0 Å². The lowest BCUT2D eigenvalue weighted by atomic mass is 10.1. The molecule has 1 N–H and O–H groups in total. The number of nitro benzene ring substituents is 2.